The molecule has 6 heteroatoms. The first-order chi connectivity index (χ1) is 5.52. The largest absolute Gasteiger partial charge is 0.477 e. The van der Waals surface area contributed by atoms with Crippen LogP contribution in [0.4, 0.5) is 5.95 Å². The molecule has 1 aromatic rings. The Labute approximate surface area is 67.1 Å². The van der Waals surface area contributed by atoms with Crippen LogP contribution >= 0.6 is 0 Å². The lowest BCUT2D eigenvalue weighted by Crippen LogP contribution is -2.22. The summed E-state index contributed by atoms with van der Waals surface area (Å²) in [6, 6.07) is 0. The highest BCUT2D eigenvalue weighted by molar-refractivity contribution is 5.88. The molecule has 0 aliphatic rings. The van der Waals surface area contributed by atoms with E-state index in [4.69, 9.17) is 10.8 Å². The molecular weight excluding hydrogens is 162 g/mol. The molecule has 12 heavy (non-hydrogen) atoms. The van der Waals surface area contributed by atoms with Crippen molar-refractivity contribution in [1.29, 1.82) is 0 Å². The molecule has 0 radical (unpaired) electrons. The number of aromatic nitrogens is 2. The molecule has 0 spiro atoms. The van der Waals surface area contributed by atoms with Gasteiger partial charge in [0.25, 0.3) is 5.56 Å². The summed E-state index contributed by atoms with van der Waals surface area (Å²) >= 11 is 0. The van der Waals surface area contributed by atoms with Gasteiger partial charge in [0, 0.05) is 0 Å². The van der Waals surface area contributed by atoms with Gasteiger partial charge in [0.1, 0.15) is 5.56 Å². The predicted molar refractivity (Wildman–Crippen MR) is 41.0 cm³/mol. The Morgan fingerprint density at radius 3 is 2.67 bits per heavy atom. The van der Waals surface area contributed by atoms with Crippen molar-refractivity contribution in [1.82, 2.24) is 9.97 Å². The molecule has 1 heterocycles. The lowest BCUT2D eigenvalue weighted by Gasteiger charge is -1.98. The average Bonchev–Trinajstić information content (AvgIpc) is 1.82. The summed E-state index contributed by atoms with van der Waals surface area (Å²) in [4.78, 5) is 27.1. The molecule has 0 bridgehead atoms. The summed E-state index contributed by atoms with van der Waals surface area (Å²) < 4.78 is 0. The van der Waals surface area contributed by atoms with E-state index in [0.29, 0.717) is 0 Å². The van der Waals surface area contributed by atoms with E-state index >= 15 is 0 Å². The molecule has 0 aromatic carbocycles. The van der Waals surface area contributed by atoms with Gasteiger partial charge in [-0.05, 0) is 6.92 Å². The fourth-order valence-electron chi connectivity index (χ4n) is 0.860. The van der Waals surface area contributed by atoms with Gasteiger partial charge in [0.15, 0.2) is 0 Å². The fourth-order valence-corrected chi connectivity index (χ4v) is 0.860. The normalized spacial score (nSPS) is 9.75. The Bertz CT molecular complexity index is 382. The van der Waals surface area contributed by atoms with Gasteiger partial charge in [0.2, 0.25) is 5.95 Å². The molecule has 0 unspecified atom stereocenters. The van der Waals surface area contributed by atoms with E-state index in [1.54, 1.807) is 0 Å². The van der Waals surface area contributed by atoms with Crippen molar-refractivity contribution in [3.8, 4) is 0 Å². The van der Waals surface area contributed by atoms with Gasteiger partial charge < -0.3 is 10.8 Å². The van der Waals surface area contributed by atoms with Gasteiger partial charge in [-0.2, -0.15) is 0 Å². The molecule has 0 amide bonds. The zero-order valence-electron chi connectivity index (χ0n) is 6.29. The van der Waals surface area contributed by atoms with Crippen LogP contribution in [-0.4, -0.2) is 21.0 Å². The van der Waals surface area contributed by atoms with Gasteiger partial charge >= 0.3 is 5.97 Å². The summed E-state index contributed by atoms with van der Waals surface area (Å²) in [5, 5.41) is 8.54. The number of carboxylic acid groups (broad SMARTS) is 1. The molecule has 0 saturated carbocycles. The summed E-state index contributed by atoms with van der Waals surface area (Å²) in [7, 11) is 0. The Morgan fingerprint density at radius 2 is 2.25 bits per heavy atom. The molecule has 4 N–H and O–H groups in total. The number of hydrogen-bond donors (Lipinski definition) is 3. The van der Waals surface area contributed by atoms with E-state index in [0.717, 1.165) is 0 Å². The van der Waals surface area contributed by atoms with Gasteiger partial charge in [0.05, 0.1) is 5.69 Å². The minimum absolute atomic E-state index is 0.0810. The van der Waals surface area contributed by atoms with Crippen LogP contribution in [0, 0.1) is 6.92 Å². The molecule has 6 nitrogen and oxygen atoms in total. The summed E-state index contributed by atoms with van der Waals surface area (Å²) in [5.41, 5.74) is 4.18. The number of hydrogen-bond acceptors (Lipinski definition) is 4. The Morgan fingerprint density at radius 1 is 1.67 bits per heavy atom. The van der Waals surface area contributed by atoms with E-state index < -0.39 is 11.5 Å². The third-order valence-electron chi connectivity index (χ3n) is 1.33. The number of aromatic amines is 1. The van der Waals surface area contributed by atoms with Gasteiger partial charge in [-0.15, -0.1) is 0 Å². The molecule has 64 valence electrons. The smallest absolute Gasteiger partial charge is 0.343 e. The highest BCUT2D eigenvalue weighted by atomic mass is 16.4. The second-order valence-electron chi connectivity index (χ2n) is 2.22. The maximum Gasteiger partial charge on any atom is 0.343 e. The van der Waals surface area contributed by atoms with Crippen molar-refractivity contribution in [3.05, 3.63) is 21.6 Å². The topological polar surface area (TPSA) is 109 Å². The van der Waals surface area contributed by atoms with E-state index in [2.05, 4.69) is 9.97 Å². The lowest BCUT2D eigenvalue weighted by atomic mass is 10.2. The first-order valence-corrected chi connectivity index (χ1v) is 3.12. The first kappa shape index (κ1) is 8.25. The number of anilines is 1. The van der Waals surface area contributed by atoms with Crippen LogP contribution in [0.25, 0.3) is 0 Å². The van der Waals surface area contributed by atoms with Crippen molar-refractivity contribution in [2.75, 3.05) is 5.73 Å². The monoisotopic (exact) mass is 169 g/mol. The zero-order valence-corrected chi connectivity index (χ0v) is 6.29. The highest BCUT2D eigenvalue weighted by Gasteiger charge is 2.13. The van der Waals surface area contributed by atoms with Crippen LogP contribution < -0.4 is 11.3 Å². The maximum atomic E-state index is 10.9. The predicted octanol–water partition coefficient (Wildman–Crippen LogP) is -0.641. The second kappa shape index (κ2) is 2.65. The SMILES string of the molecule is Cc1nc(N)[nH]c(=O)c1C(=O)O. The third kappa shape index (κ3) is 1.26. The van der Waals surface area contributed by atoms with Crippen molar-refractivity contribution in [3.63, 3.8) is 0 Å². The number of nitrogens with zero attached hydrogens (tertiary/aromatic N) is 1. The molecule has 0 saturated heterocycles. The molecule has 0 aliphatic carbocycles. The van der Waals surface area contributed by atoms with Crippen molar-refractivity contribution < 1.29 is 9.90 Å². The summed E-state index contributed by atoms with van der Waals surface area (Å²) in [6.07, 6.45) is 0. The number of carbonyl (C=O) groups is 1. The molecule has 1 aromatic heterocycles. The molecule has 0 atom stereocenters. The van der Waals surface area contributed by atoms with E-state index in [9.17, 15) is 9.59 Å². The van der Waals surface area contributed by atoms with E-state index in [1.807, 2.05) is 0 Å². The zero-order chi connectivity index (χ0) is 9.30. The molecule has 0 aliphatic heterocycles. The number of aryl methyl sites for hydroxylation is 1. The number of aromatic carboxylic acids is 1. The van der Waals surface area contributed by atoms with Crippen LogP contribution in [0.15, 0.2) is 4.79 Å². The number of nitrogens with one attached hydrogen (secondary N) is 1. The summed E-state index contributed by atoms with van der Waals surface area (Å²) in [5.74, 6) is -1.39. The minimum Gasteiger partial charge on any atom is -0.477 e. The first-order valence-electron chi connectivity index (χ1n) is 3.12. The fraction of sp³-hybridized carbons (Fsp3) is 0.167. The number of carboxylic acids is 1. The molecular formula is C6H7N3O3. The average molecular weight is 169 g/mol. The van der Waals surface area contributed by atoms with Crippen molar-refractivity contribution >= 4 is 11.9 Å². The van der Waals surface area contributed by atoms with E-state index in [-0.39, 0.29) is 17.2 Å². The van der Waals surface area contributed by atoms with E-state index in [1.165, 1.54) is 6.92 Å². The minimum atomic E-state index is -1.30. The Hall–Kier alpha value is -1.85. The van der Waals surface area contributed by atoms with Crippen LogP contribution in [0.5, 0.6) is 0 Å². The second-order valence-corrected chi connectivity index (χ2v) is 2.22. The quantitative estimate of drug-likeness (QED) is 0.518. The molecule has 0 fully saturated rings. The highest BCUT2D eigenvalue weighted by Crippen LogP contribution is 1.98. The third-order valence-corrected chi connectivity index (χ3v) is 1.33. The Kier molecular flexibility index (Phi) is 1.82. The number of nitrogen functional groups attached to an aromatic ring is 1. The van der Waals surface area contributed by atoms with Crippen LogP contribution in [0.2, 0.25) is 0 Å². The maximum absolute atomic E-state index is 10.9. The molecule has 1 rings (SSSR count). The van der Waals surface area contributed by atoms with Crippen LogP contribution in [0.1, 0.15) is 16.1 Å². The Balaban J connectivity index is 3.49. The number of H-pyrrole nitrogens is 1. The standard InChI is InChI=1S/C6H7N3O3/c1-2-3(5(11)12)4(10)9-6(7)8-2/h1H3,(H,11,12)(H3,7,8,9,10). The van der Waals surface area contributed by atoms with Gasteiger partial charge in [-0.25, -0.2) is 9.78 Å². The number of rotatable bonds is 1. The van der Waals surface area contributed by atoms with Crippen LogP contribution in [-0.2, 0) is 0 Å². The number of nitrogens with two attached hydrogens (primary N) is 1. The van der Waals surface area contributed by atoms with Gasteiger partial charge in [-0.1, -0.05) is 0 Å². The lowest BCUT2D eigenvalue weighted by molar-refractivity contribution is 0.0693. The van der Waals surface area contributed by atoms with Crippen LogP contribution in [0.3, 0.4) is 0 Å². The summed E-state index contributed by atoms with van der Waals surface area (Å²) in [6.45, 7) is 1.41. The van der Waals surface area contributed by atoms with Crippen molar-refractivity contribution in [2.24, 2.45) is 0 Å². The van der Waals surface area contributed by atoms with Crippen molar-refractivity contribution in [2.45, 2.75) is 6.92 Å². The van der Waals surface area contributed by atoms with Gasteiger partial charge in [-0.3, -0.25) is 9.78 Å².